The number of phenolic OH excluding ortho intramolecular Hbond substituents is 1. The standard InChI is InChI=1S/C15H20BrNO/c16-13-6-7-15(18)12(9-13)10-17-8-2-4-11-3-1-5-14(11)17/h6-7,9,11,14,18H,1-5,8,10H2. The van der Waals surface area contributed by atoms with Gasteiger partial charge in [-0.3, -0.25) is 4.90 Å². The van der Waals surface area contributed by atoms with Gasteiger partial charge >= 0.3 is 0 Å². The quantitative estimate of drug-likeness (QED) is 0.895. The molecule has 2 nitrogen and oxygen atoms in total. The van der Waals surface area contributed by atoms with E-state index in [0.29, 0.717) is 5.75 Å². The summed E-state index contributed by atoms with van der Waals surface area (Å²) in [7, 11) is 0. The summed E-state index contributed by atoms with van der Waals surface area (Å²) in [5.41, 5.74) is 1.05. The van der Waals surface area contributed by atoms with Crippen LogP contribution >= 0.6 is 15.9 Å². The van der Waals surface area contributed by atoms with Crippen molar-refractivity contribution in [3.05, 3.63) is 28.2 Å². The predicted octanol–water partition coefficient (Wildman–Crippen LogP) is 3.92. The second-order valence-electron chi connectivity index (χ2n) is 5.64. The number of nitrogens with zero attached hydrogens (tertiary/aromatic N) is 1. The van der Waals surface area contributed by atoms with E-state index in [0.717, 1.165) is 28.5 Å². The molecule has 1 saturated carbocycles. The van der Waals surface area contributed by atoms with Gasteiger partial charge in [-0.05, 0) is 56.3 Å². The fourth-order valence-corrected chi connectivity index (χ4v) is 4.06. The number of rotatable bonds is 2. The minimum Gasteiger partial charge on any atom is -0.508 e. The molecule has 1 aliphatic carbocycles. The van der Waals surface area contributed by atoms with Crippen LogP contribution < -0.4 is 0 Å². The molecule has 1 saturated heterocycles. The SMILES string of the molecule is Oc1ccc(Br)cc1CN1CCCC2CCCC21. The number of piperidine rings is 1. The van der Waals surface area contributed by atoms with E-state index >= 15 is 0 Å². The third kappa shape index (κ3) is 2.43. The zero-order valence-electron chi connectivity index (χ0n) is 10.6. The van der Waals surface area contributed by atoms with Crippen LogP contribution in [0.5, 0.6) is 5.75 Å². The Morgan fingerprint density at radius 1 is 1.22 bits per heavy atom. The van der Waals surface area contributed by atoms with Crippen LogP contribution in [0.15, 0.2) is 22.7 Å². The Bertz CT molecular complexity index is 435. The molecule has 1 aromatic rings. The monoisotopic (exact) mass is 309 g/mol. The molecule has 3 heteroatoms. The Kier molecular flexibility index (Phi) is 3.62. The normalized spacial score (nSPS) is 28.3. The lowest BCUT2D eigenvalue weighted by molar-refractivity contribution is 0.105. The lowest BCUT2D eigenvalue weighted by atomic mass is 9.91. The van der Waals surface area contributed by atoms with Crippen molar-refractivity contribution in [3.63, 3.8) is 0 Å². The summed E-state index contributed by atoms with van der Waals surface area (Å²) in [6.07, 6.45) is 6.86. The van der Waals surface area contributed by atoms with E-state index in [1.165, 1.54) is 38.6 Å². The first-order valence-corrected chi connectivity index (χ1v) is 7.75. The van der Waals surface area contributed by atoms with Crippen LogP contribution in [-0.4, -0.2) is 22.6 Å². The summed E-state index contributed by atoms with van der Waals surface area (Å²) < 4.78 is 1.05. The van der Waals surface area contributed by atoms with Gasteiger partial charge in [0.15, 0.2) is 0 Å². The number of hydrogen-bond donors (Lipinski definition) is 1. The predicted molar refractivity (Wildman–Crippen MR) is 76.6 cm³/mol. The zero-order valence-corrected chi connectivity index (χ0v) is 12.2. The van der Waals surface area contributed by atoms with Crippen molar-refractivity contribution in [1.82, 2.24) is 4.90 Å². The number of aromatic hydroxyl groups is 1. The number of halogens is 1. The molecule has 1 heterocycles. The van der Waals surface area contributed by atoms with Crippen LogP contribution in [0, 0.1) is 5.92 Å². The van der Waals surface area contributed by atoms with Crippen molar-refractivity contribution in [2.24, 2.45) is 5.92 Å². The smallest absolute Gasteiger partial charge is 0.120 e. The largest absolute Gasteiger partial charge is 0.508 e. The first-order valence-electron chi connectivity index (χ1n) is 6.95. The summed E-state index contributed by atoms with van der Waals surface area (Å²) in [4.78, 5) is 2.59. The number of fused-ring (bicyclic) bond motifs is 1. The zero-order chi connectivity index (χ0) is 12.5. The van der Waals surface area contributed by atoms with Crippen LogP contribution in [0.1, 0.15) is 37.7 Å². The molecule has 2 atom stereocenters. The van der Waals surface area contributed by atoms with Crippen molar-refractivity contribution < 1.29 is 5.11 Å². The third-order valence-electron chi connectivity index (χ3n) is 4.52. The molecule has 98 valence electrons. The van der Waals surface area contributed by atoms with Gasteiger partial charge in [-0.25, -0.2) is 0 Å². The van der Waals surface area contributed by atoms with Crippen molar-refractivity contribution in [1.29, 1.82) is 0 Å². The van der Waals surface area contributed by atoms with Gasteiger partial charge < -0.3 is 5.11 Å². The first kappa shape index (κ1) is 12.5. The molecule has 0 bridgehead atoms. The Morgan fingerprint density at radius 2 is 2.06 bits per heavy atom. The molecule has 3 rings (SSSR count). The van der Waals surface area contributed by atoms with Gasteiger partial charge in [0, 0.05) is 22.6 Å². The topological polar surface area (TPSA) is 23.5 Å². The van der Waals surface area contributed by atoms with Crippen LogP contribution in [-0.2, 0) is 6.54 Å². The molecule has 0 aromatic heterocycles. The maximum Gasteiger partial charge on any atom is 0.120 e. The second kappa shape index (κ2) is 5.22. The summed E-state index contributed by atoms with van der Waals surface area (Å²) in [6.45, 7) is 2.08. The fourth-order valence-electron chi connectivity index (χ4n) is 3.65. The highest BCUT2D eigenvalue weighted by Crippen LogP contribution is 2.38. The molecule has 1 aromatic carbocycles. The lowest BCUT2D eigenvalue weighted by Gasteiger charge is -2.37. The highest BCUT2D eigenvalue weighted by Gasteiger charge is 2.34. The summed E-state index contributed by atoms with van der Waals surface area (Å²) in [5, 5.41) is 9.96. The molecule has 1 N–H and O–H groups in total. The van der Waals surface area contributed by atoms with Gasteiger partial charge in [-0.15, -0.1) is 0 Å². The van der Waals surface area contributed by atoms with Gasteiger partial charge in [0.25, 0.3) is 0 Å². The van der Waals surface area contributed by atoms with E-state index in [4.69, 9.17) is 0 Å². The fraction of sp³-hybridized carbons (Fsp3) is 0.600. The van der Waals surface area contributed by atoms with Gasteiger partial charge in [0.2, 0.25) is 0 Å². The number of likely N-dealkylation sites (tertiary alicyclic amines) is 1. The minimum absolute atomic E-state index is 0.429. The van der Waals surface area contributed by atoms with Crippen LogP contribution in [0.3, 0.4) is 0 Å². The number of phenols is 1. The molecule has 0 spiro atoms. The van der Waals surface area contributed by atoms with E-state index in [2.05, 4.69) is 20.8 Å². The van der Waals surface area contributed by atoms with Crippen LogP contribution in [0.4, 0.5) is 0 Å². The number of hydrogen-bond acceptors (Lipinski definition) is 2. The average Bonchev–Trinajstić information content (AvgIpc) is 2.83. The highest BCUT2D eigenvalue weighted by atomic mass is 79.9. The first-order chi connectivity index (χ1) is 8.74. The van der Waals surface area contributed by atoms with Crippen molar-refractivity contribution >= 4 is 15.9 Å². The van der Waals surface area contributed by atoms with Crippen LogP contribution in [0.2, 0.25) is 0 Å². The van der Waals surface area contributed by atoms with Gasteiger partial charge in [-0.2, -0.15) is 0 Å². The third-order valence-corrected chi connectivity index (χ3v) is 5.02. The van der Waals surface area contributed by atoms with Crippen molar-refractivity contribution in [2.75, 3.05) is 6.54 Å². The molecule has 18 heavy (non-hydrogen) atoms. The van der Waals surface area contributed by atoms with Crippen LogP contribution in [0.25, 0.3) is 0 Å². The van der Waals surface area contributed by atoms with E-state index in [-0.39, 0.29) is 0 Å². The van der Waals surface area contributed by atoms with Crippen molar-refractivity contribution in [2.45, 2.75) is 44.7 Å². The maximum atomic E-state index is 9.96. The molecule has 0 amide bonds. The van der Waals surface area contributed by atoms with Gasteiger partial charge in [0.1, 0.15) is 5.75 Å². The molecule has 2 unspecified atom stereocenters. The van der Waals surface area contributed by atoms with Gasteiger partial charge in [-0.1, -0.05) is 22.4 Å². The van der Waals surface area contributed by atoms with E-state index in [1.807, 2.05) is 12.1 Å². The summed E-state index contributed by atoms with van der Waals surface area (Å²) in [6, 6.07) is 6.49. The molecule has 1 aliphatic heterocycles. The van der Waals surface area contributed by atoms with E-state index in [9.17, 15) is 5.11 Å². The Labute approximate surface area is 117 Å². The number of benzene rings is 1. The highest BCUT2D eigenvalue weighted by molar-refractivity contribution is 9.10. The van der Waals surface area contributed by atoms with Crippen molar-refractivity contribution in [3.8, 4) is 5.75 Å². The molecule has 2 fully saturated rings. The van der Waals surface area contributed by atoms with E-state index in [1.54, 1.807) is 6.07 Å². The molecular weight excluding hydrogens is 290 g/mol. The summed E-state index contributed by atoms with van der Waals surface area (Å²) >= 11 is 3.49. The maximum absolute atomic E-state index is 9.96. The second-order valence-corrected chi connectivity index (χ2v) is 6.56. The summed E-state index contributed by atoms with van der Waals surface area (Å²) in [5.74, 6) is 1.34. The Balaban J connectivity index is 1.77. The van der Waals surface area contributed by atoms with Gasteiger partial charge in [0.05, 0.1) is 0 Å². The average molecular weight is 310 g/mol. The lowest BCUT2D eigenvalue weighted by Crippen LogP contribution is -2.41. The molecular formula is C15H20BrNO. The van der Waals surface area contributed by atoms with E-state index < -0.39 is 0 Å². The Hall–Kier alpha value is -0.540. The molecule has 2 aliphatic rings. The molecule has 0 radical (unpaired) electrons. The minimum atomic E-state index is 0.429. The Morgan fingerprint density at radius 3 is 2.94 bits per heavy atom.